The first-order chi connectivity index (χ1) is 8.94. The first-order valence-electron chi connectivity index (χ1n) is 7.11. The van der Waals surface area contributed by atoms with E-state index in [4.69, 9.17) is 0 Å². The summed E-state index contributed by atoms with van der Waals surface area (Å²) in [7, 11) is 0. The first kappa shape index (κ1) is 14.3. The van der Waals surface area contributed by atoms with Crippen molar-refractivity contribution in [1.29, 1.82) is 0 Å². The van der Waals surface area contributed by atoms with Gasteiger partial charge in [0.1, 0.15) is 0 Å². The van der Waals surface area contributed by atoms with Crippen LogP contribution in [0.4, 0.5) is 0 Å². The fourth-order valence-electron chi connectivity index (χ4n) is 2.14. The summed E-state index contributed by atoms with van der Waals surface area (Å²) in [4.78, 5) is 2.98. The number of hydrogen-bond acceptors (Lipinski definition) is 1. The summed E-state index contributed by atoms with van der Waals surface area (Å²) in [5.74, 6) is 0.493. The minimum Gasteiger partial charge on any atom is -0.144 e. The van der Waals surface area contributed by atoms with Gasteiger partial charge in [0, 0.05) is 15.7 Å². The van der Waals surface area contributed by atoms with E-state index in [0.29, 0.717) is 11.3 Å². The molecule has 0 nitrogen and oxygen atoms in total. The molecule has 19 heavy (non-hydrogen) atoms. The quantitative estimate of drug-likeness (QED) is 0.650. The number of benzene rings is 1. The lowest BCUT2D eigenvalue weighted by Crippen LogP contribution is -2.12. The van der Waals surface area contributed by atoms with E-state index >= 15 is 0 Å². The van der Waals surface area contributed by atoms with Gasteiger partial charge in [-0.1, -0.05) is 57.5 Å². The molecule has 2 aromatic rings. The molecule has 2 rings (SSSR count). The molecule has 0 fully saturated rings. The standard InChI is InChI=1S/C18H24S/c1-6-18(4,5)17-12-11-16(19-17)14(3)15-9-7-13(2)8-10-15/h7-12,14H,6H2,1-5H3. The van der Waals surface area contributed by atoms with Crippen molar-refractivity contribution in [2.75, 3.05) is 0 Å². The maximum absolute atomic E-state index is 2.33. The zero-order valence-corrected chi connectivity index (χ0v) is 13.5. The minimum absolute atomic E-state index is 0.302. The van der Waals surface area contributed by atoms with Crippen molar-refractivity contribution >= 4 is 11.3 Å². The van der Waals surface area contributed by atoms with Gasteiger partial charge in [-0.2, -0.15) is 0 Å². The second kappa shape index (κ2) is 5.50. The van der Waals surface area contributed by atoms with Gasteiger partial charge in [-0.05, 0) is 36.5 Å². The second-order valence-electron chi connectivity index (χ2n) is 6.07. The highest BCUT2D eigenvalue weighted by Gasteiger charge is 2.21. The van der Waals surface area contributed by atoms with Crippen LogP contribution in [0.2, 0.25) is 0 Å². The molecule has 0 saturated carbocycles. The van der Waals surface area contributed by atoms with Gasteiger partial charge in [-0.25, -0.2) is 0 Å². The molecular formula is C18H24S. The molecule has 0 saturated heterocycles. The predicted octanol–water partition coefficient (Wildman–Crippen LogP) is 5.90. The monoisotopic (exact) mass is 272 g/mol. The zero-order valence-electron chi connectivity index (χ0n) is 12.7. The van der Waals surface area contributed by atoms with Crippen LogP contribution >= 0.6 is 11.3 Å². The van der Waals surface area contributed by atoms with Crippen LogP contribution < -0.4 is 0 Å². The Bertz CT molecular complexity index is 531. The van der Waals surface area contributed by atoms with Gasteiger partial charge in [-0.15, -0.1) is 11.3 Å². The van der Waals surface area contributed by atoms with Crippen LogP contribution in [-0.2, 0) is 5.41 Å². The molecule has 102 valence electrons. The molecule has 0 bridgehead atoms. The number of rotatable bonds is 4. The molecule has 0 N–H and O–H groups in total. The summed E-state index contributed by atoms with van der Waals surface area (Å²) in [5, 5.41) is 0. The van der Waals surface area contributed by atoms with Crippen molar-refractivity contribution in [2.45, 2.75) is 52.4 Å². The van der Waals surface area contributed by atoms with Crippen LogP contribution in [0.25, 0.3) is 0 Å². The zero-order chi connectivity index (χ0) is 14.0. The van der Waals surface area contributed by atoms with E-state index in [1.807, 2.05) is 11.3 Å². The fraction of sp³-hybridized carbons (Fsp3) is 0.444. The van der Waals surface area contributed by atoms with Gasteiger partial charge in [-0.3, -0.25) is 0 Å². The molecular weight excluding hydrogens is 248 g/mol. The molecule has 1 heteroatoms. The van der Waals surface area contributed by atoms with Crippen molar-refractivity contribution < 1.29 is 0 Å². The van der Waals surface area contributed by atoms with E-state index < -0.39 is 0 Å². The topological polar surface area (TPSA) is 0 Å². The highest BCUT2D eigenvalue weighted by atomic mass is 32.1. The van der Waals surface area contributed by atoms with Crippen LogP contribution in [0.15, 0.2) is 36.4 Å². The molecule has 0 aliphatic rings. The van der Waals surface area contributed by atoms with Crippen LogP contribution in [-0.4, -0.2) is 0 Å². The van der Waals surface area contributed by atoms with Crippen molar-refractivity contribution in [3.8, 4) is 0 Å². The SMILES string of the molecule is CCC(C)(C)c1ccc(C(C)c2ccc(C)cc2)s1. The van der Waals surface area contributed by atoms with E-state index in [-0.39, 0.29) is 0 Å². The summed E-state index contributed by atoms with van der Waals surface area (Å²) in [6, 6.07) is 13.5. The average Bonchev–Trinajstić information content (AvgIpc) is 2.89. The van der Waals surface area contributed by atoms with Crippen LogP contribution in [0.5, 0.6) is 0 Å². The molecule has 0 amide bonds. The summed E-state index contributed by atoms with van der Waals surface area (Å²) < 4.78 is 0. The maximum Gasteiger partial charge on any atom is 0.0155 e. The van der Waals surface area contributed by atoms with E-state index in [0.717, 1.165) is 0 Å². The summed E-state index contributed by atoms with van der Waals surface area (Å²) in [6.45, 7) is 11.4. The molecule has 1 unspecified atom stereocenters. The molecule has 0 radical (unpaired) electrons. The third kappa shape index (κ3) is 3.09. The van der Waals surface area contributed by atoms with Crippen molar-refractivity contribution in [1.82, 2.24) is 0 Å². The van der Waals surface area contributed by atoms with Crippen molar-refractivity contribution in [2.24, 2.45) is 0 Å². The Morgan fingerprint density at radius 2 is 1.68 bits per heavy atom. The molecule has 0 spiro atoms. The maximum atomic E-state index is 2.33. The van der Waals surface area contributed by atoms with Gasteiger partial charge >= 0.3 is 0 Å². The summed E-state index contributed by atoms with van der Waals surface area (Å²) in [6.07, 6.45) is 1.19. The normalized spacial score (nSPS) is 13.5. The molecule has 1 aromatic heterocycles. The highest BCUT2D eigenvalue weighted by molar-refractivity contribution is 7.12. The average molecular weight is 272 g/mol. The molecule has 1 atom stereocenters. The number of aryl methyl sites for hydroxylation is 1. The van der Waals surface area contributed by atoms with Gasteiger partial charge in [0.2, 0.25) is 0 Å². The Kier molecular flexibility index (Phi) is 4.15. The molecule has 1 aromatic carbocycles. The Morgan fingerprint density at radius 3 is 2.26 bits per heavy atom. The Balaban J connectivity index is 2.25. The van der Waals surface area contributed by atoms with Gasteiger partial charge in [0.15, 0.2) is 0 Å². The second-order valence-corrected chi connectivity index (χ2v) is 7.19. The van der Waals surface area contributed by atoms with E-state index in [1.165, 1.54) is 27.3 Å². The van der Waals surface area contributed by atoms with E-state index in [1.54, 1.807) is 0 Å². The highest BCUT2D eigenvalue weighted by Crippen LogP contribution is 2.37. The largest absolute Gasteiger partial charge is 0.144 e. The molecule has 1 heterocycles. The lowest BCUT2D eigenvalue weighted by atomic mass is 9.88. The fourth-order valence-corrected chi connectivity index (χ4v) is 3.40. The first-order valence-corrected chi connectivity index (χ1v) is 7.92. The number of hydrogen-bond donors (Lipinski definition) is 0. The summed E-state index contributed by atoms with van der Waals surface area (Å²) >= 11 is 1.97. The Hall–Kier alpha value is -1.08. The lowest BCUT2D eigenvalue weighted by molar-refractivity contribution is 0.517. The third-order valence-electron chi connectivity index (χ3n) is 4.18. The van der Waals surface area contributed by atoms with Crippen LogP contribution in [0.1, 0.15) is 60.9 Å². The number of thiophene rings is 1. The van der Waals surface area contributed by atoms with Crippen molar-refractivity contribution in [3.05, 3.63) is 57.3 Å². The Morgan fingerprint density at radius 1 is 1.05 bits per heavy atom. The summed E-state index contributed by atoms with van der Waals surface area (Å²) in [5.41, 5.74) is 3.04. The van der Waals surface area contributed by atoms with Gasteiger partial charge in [0.25, 0.3) is 0 Å². The van der Waals surface area contributed by atoms with E-state index in [2.05, 4.69) is 71.0 Å². The lowest BCUT2D eigenvalue weighted by Gasteiger charge is -2.20. The van der Waals surface area contributed by atoms with E-state index in [9.17, 15) is 0 Å². The smallest absolute Gasteiger partial charge is 0.0155 e. The Labute approximate surface area is 121 Å². The van der Waals surface area contributed by atoms with Crippen LogP contribution in [0, 0.1) is 6.92 Å². The van der Waals surface area contributed by atoms with Crippen molar-refractivity contribution in [3.63, 3.8) is 0 Å². The van der Waals surface area contributed by atoms with Gasteiger partial charge in [0.05, 0.1) is 0 Å². The minimum atomic E-state index is 0.302. The molecule has 0 aliphatic heterocycles. The van der Waals surface area contributed by atoms with Crippen LogP contribution in [0.3, 0.4) is 0 Å². The predicted molar refractivity (Wildman–Crippen MR) is 86.3 cm³/mol. The molecule has 0 aliphatic carbocycles. The third-order valence-corrected chi connectivity index (χ3v) is 5.82. The van der Waals surface area contributed by atoms with Gasteiger partial charge < -0.3 is 0 Å².